The van der Waals surface area contributed by atoms with Crippen LogP contribution in [-0.4, -0.2) is 34.3 Å². The predicted octanol–water partition coefficient (Wildman–Crippen LogP) is 2.43. The van der Waals surface area contributed by atoms with Crippen molar-refractivity contribution < 1.29 is 4.74 Å². The van der Waals surface area contributed by atoms with Crippen LogP contribution in [0.25, 0.3) is 0 Å². The number of hydrogen-bond acceptors (Lipinski definition) is 3. The molecule has 1 aromatic heterocycles. The molecule has 3 rings (SSSR count). The Labute approximate surface area is 121 Å². The summed E-state index contributed by atoms with van der Waals surface area (Å²) in [5.74, 6) is 1.15. The molecule has 4 nitrogen and oxygen atoms in total. The lowest BCUT2D eigenvalue weighted by Gasteiger charge is -2.33. The number of nitrogens with zero attached hydrogens (tertiary/aromatic N) is 2. The maximum Gasteiger partial charge on any atom is 0.109 e. The summed E-state index contributed by atoms with van der Waals surface area (Å²) in [6, 6.07) is 0. The molecule has 1 spiro atoms. The van der Waals surface area contributed by atoms with Crippen LogP contribution in [0.3, 0.4) is 0 Å². The summed E-state index contributed by atoms with van der Waals surface area (Å²) in [7, 11) is 2.05. The van der Waals surface area contributed by atoms with Gasteiger partial charge in [-0.2, -0.15) is 0 Å². The zero-order valence-corrected chi connectivity index (χ0v) is 12.6. The number of aryl methyl sites for hydroxylation is 1. The van der Waals surface area contributed by atoms with E-state index >= 15 is 0 Å². The highest BCUT2D eigenvalue weighted by Crippen LogP contribution is 2.41. The summed E-state index contributed by atoms with van der Waals surface area (Å²) in [5, 5.41) is 3.54. The molecule has 1 atom stereocenters. The Morgan fingerprint density at radius 2 is 2.20 bits per heavy atom. The molecule has 1 aliphatic carbocycles. The molecular formula is C16H27N3O. The molecule has 4 heteroatoms. The number of imidazole rings is 1. The quantitative estimate of drug-likeness (QED) is 0.840. The summed E-state index contributed by atoms with van der Waals surface area (Å²) in [4.78, 5) is 4.35. The summed E-state index contributed by atoms with van der Waals surface area (Å²) in [6.45, 7) is 1.98. The lowest BCUT2D eigenvalue weighted by molar-refractivity contribution is -0.0622. The van der Waals surface area contributed by atoms with Crippen LogP contribution in [0.4, 0.5) is 0 Å². The molecule has 20 heavy (non-hydrogen) atoms. The topological polar surface area (TPSA) is 39.1 Å². The number of aromatic nitrogens is 2. The van der Waals surface area contributed by atoms with Crippen molar-refractivity contribution in [1.29, 1.82) is 0 Å². The van der Waals surface area contributed by atoms with Crippen LogP contribution in [0.1, 0.15) is 50.8 Å². The molecule has 0 bridgehead atoms. The summed E-state index contributed by atoms with van der Waals surface area (Å²) >= 11 is 0. The minimum absolute atomic E-state index is 0.254. The van der Waals surface area contributed by atoms with Crippen LogP contribution < -0.4 is 5.32 Å². The van der Waals surface area contributed by atoms with E-state index in [0.717, 1.165) is 25.3 Å². The highest BCUT2D eigenvalue weighted by Gasteiger charge is 2.40. The van der Waals surface area contributed by atoms with Gasteiger partial charge in [-0.25, -0.2) is 4.98 Å². The molecule has 0 amide bonds. The zero-order valence-electron chi connectivity index (χ0n) is 12.6. The van der Waals surface area contributed by atoms with E-state index in [9.17, 15) is 0 Å². The SMILES string of the molecule is Cn1ccnc1CCNCC1CCC2(CCCCC2)O1. The molecule has 1 saturated heterocycles. The van der Waals surface area contributed by atoms with E-state index in [2.05, 4.69) is 21.9 Å². The van der Waals surface area contributed by atoms with E-state index in [0.29, 0.717) is 6.10 Å². The third-order valence-corrected chi connectivity index (χ3v) is 4.92. The monoisotopic (exact) mass is 277 g/mol. The molecule has 0 radical (unpaired) electrons. The second kappa shape index (κ2) is 6.27. The normalized spacial score (nSPS) is 25.4. The van der Waals surface area contributed by atoms with E-state index in [1.807, 2.05) is 12.4 Å². The molecule has 2 fully saturated rings. The van der Waals surface area contributed by atoms with Crippen molar-refractivity contribution in [3.8, 4) is 0 Å². The van der Waals surface area contributed by atoms with Gasteiger partial charge >= 0.3 is 0 Å². The average Bonchev–Trinajstić information content (AvgIpc) is 3.04. The van der Waals surface area contributed by atoms with Gasteiger partial charge in [0.25, 0.3) is 0 Å². The van der Waals surface area contributed by atoms with Gasteiger partial charge < -0.3 is 14.6 Å². The molecule has 112 valence electrons. The molecular weight excluding hydrogens is 250 g/mol. The first-order chi connectivity index (χ1) is 9.77. The van der Waals surface area contributed by atoms with E-state index in [1.54, 1.807) is 0 Å². The van der Waals surface area contributed by atoms with Crippen molar-refractivity contribution in [2.75, 3.05) is 13.1 Å². The highest BCUT2D eigenvalue weighted by molar-refractivity contribution is 4.93. The lowest BCUT2D eigenvalue weighted by Crippen LogP contribution is -2.35. The molecule has 0 aromatic carbocycles. The van der Waals surface area contributed by atoms with Crippen LogP contribution in [0.5, 0.6) is 0 Å². The van der Waals surface area contributed by atoms with Crippen LogP contribution in [0.15, 0.2) is 12.4 Å². The third kappa shape index (κ3) is 3.23. The van der Waals surface area contributed by atoms with Gasteiger partial charge in [0.15, 0.2) is 0 Å². The van der Waals surface area contributed by atoms with E-state index in [-0.39, 0.29) is 5.60 Å². The lowest BCUT2D eigenvalue weighted by atomic mass is 9.83. The summed E-state index contributed by atoms with van der Waals surface area (Å²) < 4.78 is 8.46. The maximum atomic E-state index is 6.37. The first-order valence-electron chi connectivity index (χ1n) is 8.12. The molecule has 1 saturated carbocycles. The standard InChI is InChI=1S/C16H27N3O/c1-19-12-11-18-15(19)6-10-17-13-14-5-9-16(20-14)7-3-2-4-8-16/h11-12,14,17H,2-10,13H2,1H3. The summed E-state index contributed by atoms with van der Waals surface area (Å²) in [5.41, 5.74) is 0.254. The first-order valence-corrected chi connectivity index (χ1v) is 8.12. The fourth-order valence-electron chi connectivity index (χ4n) is 3.70. The van der Waals surface area contributed by atoms with E-state index in [4.69, 9.17) is 4.74 Å². The van der Waals surface area contributed by atoms with Gasteiger partial charge in [-0.1, -0.05) is 19.3 Å². The van der Waals surface area contributed by atoms with Gasteiger partial charge in [0.1, 0.15) is 5.82 Å². The number of rotatable bonds is 5. The minimum Gasteiger partial charge on any atom is -0.370 e. The maximum absolute atomic E-state index is 6.37. The van der Waals surface area contributed by atoms with Crippen LogP contribution >= 0.6 is 0 Å². The second-order valence-electron chi connectivity index (χ2n) is 6.43. The molecule has 2 heterocycles. The highest BCUT2D eigenvalue weighted by atomic mass is 16.5. The fraction of sp³-hybridized carbons (Fsp3) is 0.812. The van der Waals surface area contributed by atoms with Crippen molar-refractivity contribution >= 4 is 0 Å². The predicted molar refractivity (Wildman–Crippen MR) is 79.7 cm³/mol. The van der Waals surface area contributed by atoms with Crippen molar-refractivity contribution in [3.63, 3.8) is 0 Å². The Morgan fingerprint density at radius 3 is 2.95 bits per heavy atom. The molecule has 1 aromatic rings. The fourth-order valence-corrected chi connectivity index (χ4v) is 3.70. The van der Waals surface area contributed by atoms with Crippen molar-refractivity contribution in [3.05, 3.63) is 18.2 Å². The Morgan fingerprint density at radius 1 is 1.35 bits per heavy atom. The zero-order chi connectivity index (χ0) is 13.8. The van der Waals surface area contributed by atoms with E-state index in [1.165, 1.54) is 44.9 Å². The van der Waals surface area contributed by atoms with Crippen molar-refractivity contribution in [1.82, 2.24) is 14.9 Å². The summed E-state index contributed by atoms with van der Waals surface area (Å²) in [6.07, 6.45) is 14.5. The van der Waals surface area contributed by atoms with Gasteiger partial charge in [-0.3, -0.25) is 0 Å². The molecule has 1 aliphatic heterocycles. The Kier molecular flexibility index (Phi) is 4.41. The smallest absolute Gasteiger partial charge is 0.109 e. The third-order valence-electron chi connectivity index (χ3n) is 4.92. The van der Waals surface area contributed by atoms with Gasteiger partial charge in [0, 0.05) is 39.0 Å². The largest absolute Gasteiger partial charge is 0.370 e. The Bertz CT molecular complexity index is 423. The molecule has 1 unspecified atom stereocenters. The van der Waals surface area contributed by atoms with Crippen molar-refractivity contribution in [2.45, 2.75) is 63.1 Å². The number of nitrogens with one attached hydrogen (secondary N) is 1. The van der Waals surface area contributed by atoms with Crippen LogP contribution in [0, 0.1) is 0 Å². The average molecular weight is 277 g/mol. The van der Waals surface area contributed by atoms with Gasteiger partial charge in [-0.05, 0) is 25.7 Å². The van der Waals surface area contributed by atoms with Crippen molar-refractivity contribution in [2.24, 2.45) is 7.05 Å². The number of ether oxygens (including phenoxy) is 1. The van der Waals surface area contributed by atoms with E-state index < -0.39 is 0 Å². The Hall–Kier alpha value is -0.870. The second-order valence-corrected chi connectivity index (χ2v) is 6.43. The van der Waals surface area contributed by atoms with Gasteiger partial charge in [0.2, 0.25) is 0 Å². The first kappa shape index (κ1) is 14.1. The molecule has 2 aliphatic rings. The Balaban J connectivity index is 1.36. The van der Waals surface area contributed by atoms with Gasteiger partial charge in [-0.15, -0.1) is 0 Å². The molecule has 1 N–H and O–H groups in total. The number of hydrogen-bond donors (Lipinski definition) is 1. The van der Waals surface area contributed by atoms with Crippen LogP contribution in [0.2, 0.25) is 0 Å². The van der Waals surface area contributed by atoms with Crippen LogP contribution in [-0.2, 0) is 18.2 Å². The minimum atomic E-state index is 0.254. The van der Waals surface area contributed by atoms with Gasteiger partial charge in [0.05, 0.1) is 11.7 Å².